The van der Waals surface area contributed by atoms with Crippen LogP contribution in [-0.4, -0.2) is 24.9 Å². The van der Waals surface area contributed by atoms with E-state index in [9.17, 15) is 0 Å². The molecule has 2 nitrogen and oxygen atoms in total. The van der Waals surface area contributed by atoms with Crippen LogP contribution in [0.3, 0.4) is 0 Å². The molecule has 0 unspecified atom stereocenters. The molecule has 2 aliphatic rings. The molecule has 2 aliphatic heterocycles. The van der Waals surface area contributed by atoms with Gasteiger partial charge >= 0.3 is 0 Å². The molecule has 0 aliphatic carbocycles. The van der Waals surface area contributed by atoms with Gasteiger partial charge in [0, 0.05) is 13.0 Å². The van der Waals surface area contributed by atoms with Crippen LogP contribution in [0.2, 0.25) is 0 Å². The molecular weight excluding hydrogens is 164 g/mol. The van der Waals surface area contributed by atoms with Crippen LogP contribution in [0.15, 0.2) is 12.2 Å². The standard InChI is InChI=1S/C11H18O2/c1-10-9-11(6-8-12-10)5-3-2-4-7-13-11/h2,4,10H,3,5-9H2,1H3/t10-,11+/m1/s1. The van der Waals surface area contributed by atoms with E-state index in [1.165, 1.54) is 0 Å². The number of hydrogen-bond acceptors (Lipinski definition) is 2. The first kappa shape index (κ1) is 9.22. The molecule has 13 heavy (non-hydrogen) atoms. The average Bonchev–Trinajstić information content (AvgIpc) is 2.31. The summed E-state index contributed by atoms with van der Waals surface area (Å²) in [4.78, 5) is 0. The van der Waals surface area contributed by atoms with E-state index >= 15 is 0 Å². The van der Waals surface area contributed by atoms with Gasteiger partial charge in [-0.1, -0.05) is 12.2 Å². The molecule has 0 saturated carbocycles. The molecule has 74 valence electrons. The van der Waals surface area contributed by atoms with Gasteiger partial charge in [-0.2, -0.15) is 0 Å². The van der Waals surface area contributed by atoms with Gasteiger partial charge in [-0.25, -0.2) is 0 Å². The van der Waals surface area contributed by atoms with Crippen LogP contribution in [0.4, 0.5) is 0 Å². The Balaban J connectivity index is 2.01. The zero-order valence-electron chi connectivity index (χ0n) is 8.29. The molecular formula is C11H18O2. The van der Waals surface area contributed by atoms with Crippen molar-refractivity contribution in [1.82, 2.24) is 0 Å². The molecule has 1 spiro atoms. The van der Waals surface area contributed by atoms with E-state index in [0.29, 0.717) is 6.10 Å². The Kier molecular flexibility index (Phi) is 2.70. The van der Waals surface area contributed by atoms with Crippen molar-refractivity contribution in [1.29, 1.82) is 0 Å². The van der Waals surface area contributed by atoms with E-state index in [1.54, 1.807) is 0 Å². The maximum atomic E-state index is 5.94. The first-order valence-electron chi connectivity index (χ1n) is 5.21. The molecule has 0 aromatic rings. The fraction of sp³-hybridized carbons (Fsp3) is 0.818. The summed E-state index contributed by atoms with van der Waals surface area (Å²) < 4.78 is 11.5. The van der Waals surface area contributed by atoms with Gasteiger partial charge in [-0.05, 0) is 26.2 Å². The van der Waals surface area contributed by atoms with Crippen LogP contribution in [0.1, 0.15) is 32.6 Å². The molecule has 0 N–H and O–H groups in total. The largest absolute Gasteiger partial charge is 0.378 e. The van der Waals surface area contributed by atoms with Crippen LogP contribution >= 0.6 is 0 Å². The van der Waals surface area contributed by atoms with E-state index in [4.69, 9.17) is 9.47 Å². The molecule has 0 aromatic heterocycles. The lowest BCUT2D eigenvalue weighted by Gasteiger charge is -2.39. The zero-order chi connectivity index (χ0) is 9.15. The Morgan fingerprint density at radius 1 is 1.31 bits per heavy atom. The Labute approximate surface area is 79.9 Å². The highest BCUT2D eigenvalue weighted by Gasteiger charge is 2.36. The van der Waals surface area contributed by atoms with E-state index in [-0.39, 0.29) is 5.60 Å². The highest BCUT2D eigenvalue weighted by atomic mass is 16.5. The highest BCUT2D eigenvalue weighted by Crippen LogP contribution is 2.34. The Morgan fingerprint density at radius 3 is 3.08 bits per heavy atom. The smallest absolute Gasteiger partial charge is 0.0736 e. The second kappa shape index (κ2) is 3.81. The van der Waals surface area contributed by atoms with Crippen molar-refractivity contribution in [3.63, 3.8) is 0 Å². The van der Waals surface area contributed by atoms with E-state index in [2.05, 4.69) is 19.1 Å². The lowest BCUT2D eigenvalue weighted by Crippen LogP contribution is -2.41. The summed E-state index contributed by atoms with van der Waals surface area (Å²) in [5.74, 6) is 0. The third-order valence-electron chi connectivity index (χ3n) is 3.04. The SMILES string of the molecule is C[C@@H]1C[C@]2(CCC=CCO2)CCO1. The maximum absolute atomic E-state index is 5.94. The monoisotopic (exact) mass is 182 g/mol. The first-order chi connectivity index (χ1) is 6.31. The predicted molar refractivity (Wildman–Crippen MR) is 51.7 cm³/mol. The molecule has 0 aromatic carbocycles. The fourth-order valence-corrected chi connectivity index (χ4v) is 2.32. The second-order valence-electron chi connectivity index (χ2n) is 4.14. The summed E-state index contributed by atoms with van der Waals surface area (Å²) in [6, 6.07) is 0. The third-order valence-corrected chi connectivity index (χ3v) is 3.04. The van der Waals surface area contributed by atoms with Crippen molar-refractivity contribution < 1.29 is 9.47 Å². The van der Waals surface area contributed by atoms with Crippen molar-refractivity contribution in [3.8, 4) is 0 Å². The van der Waals surface area contributed by atoms with Gasteiger partial charge in [0.05, 0.1) is 18.3 Å². The predicted octanol–water partition coefficient (Wildman–Crippen LogP) is 2.29. The lowest BCUT2D eigenvalue weighted by atomic mass is 9.86. The summed E-state index contributed by atoms with van der Waals surface area (Å²) in [5, 5.41) is 0. The minimum absolute atomic E-state index is 0.126. The first-order valence-corrected chi connectivity index (χ1v) is 5.21. The third kappa shape index (κ3) is 2.12. The molecule has 0 radical (unpaired) electrons. The van der Waals surface area contributed by atoms with Gasteiger partial charge in [0.25, 0.3) is 0 Å². The number of allylic oxidation sites excluding steroid dienone is 1. The van der Waals surface area contributed by atoms with Crippen molar-refractivity contribution in [2.24, 2.45) is 0 Å². The van der Waals surface area contributed by atoms with Gasteiger partial charge in [0.1, 0.15) is 0 Å². The van der Waals surface area contributed by atoms with Gasteiger partial charge < -0.3 is 9.47 Å². The quantitative estimate of drug-likeness (QED) is 0.535. The van der Waals surface area contributed by atoms with Gasteiger partial charge in [-0.15, -0.1) is 0 Å². The number of ether oxygens (including phenoxy) is 2. The van der Waals surface area contributed by atoms with Crippen molar-refractivity contribution in [2.45, 2.75) is 44.3 Å². The van der Waals surface area contributed by atoms with Crippen LogP contribution in [-0.2, 0) is 9.47 Å². The number of hydrogen-bond donors (Lipinski definition) is 0. The molecule has 2 heterocycles. The Morgan fingerprint density at radius 2 is 2.23 bits per heavy atom. The van der Waals surface area contributed by atoms with Crippen LogP contribution in [0.25, 0.3) is 0 Å². The van der Waals surface area contributed by atoms with E-state index in [0.717, 1.165) is 38.9 Å². The van der Waals surface area contributed by atoms with Crippen molar-refractivity contribution >= 4 is 0 Å². The Hall–Kier alpha value is -0.340. The van der Waals surface area contributed by atoms with Gasteiger partial charge in [-0.3, -0.25) is 0 Å². The summed E-state index contributed by atoms with van der Waals surface area (Å²) in [5.41, 5.74) is 0.126. The summed E-state index contributed by atoms with van der Waals surface area (Å²) in [6.45, 7) is 3.79. The van der Waals surface area contributed by atoms with Crippen molar-refractivity contribution in [3.05, 3.63) is 12.2 Å². The fourth-order valence-electron chi connectivity index (χ4n) is 2.32. The van der Waals surface area contributed by atoms with Crippen molar-refractivity contribution in [2.75, 3.05) is 13.2 Å². The number of rotatable bonds is 0. The maximum Gasteiger partial charge on any atom is 0.0736 e. The average molecular weight is 182 g/mol. The summed E-state index contributed by atoms with van der Waals surface area (Å²) >= 11 is 0. The second-order valence-corrected chi connectivity index (χ2v) is 4.14. The molecule has 2 atom stereocenters. The van der Waals surface area contributed by atoms with Crippen LogP contribution in [0.5, 0.6) is 0 Å². The molecule has 0 amide bonds. The molecule has 2 heteroatoms. The van der Waals surface area contributed by atoms with E-state index in [1.807, 2.05) is 0 Å². The molecule has 1 saturated heterocycles. The topological polar surface area (TPSA) is 18.5 Å². The Bertz CT molecular complexity index is 188. The normalized spacial score (nSPS) is 40.5. The minimum atomic E-state index is 0.126. The lowest BCUT2D eigenvalue weighted by molar-refractivity contribution is -0.128. The van der Waals surface area contributed by atoms with Crippen LogP contribution in [0, 0.1) is 0 Å². The minimum Gasteiger partial charge on any atom is -0.378 e. The van der Waals surface area contributed by atoms with E-state index < -0.39 is 0 Å². The zero-order valence-corrected chi connectivity index (χ0v) is 8.29. The molecule has 0 bridgehead atoms. The summed E-state index contributed by atoms with van der Waals surface area (Å²) in [7, 11) is 0. The van der Waals surface area contributed by atoms with Crippen LogP contribution < -0.4 is 0 Å². The molecule has 2 rings (SSSR count). The summed E-state index contributed by atoms with van der Waals surface area (Å²) in [6.07, 6.45) is 9.19. The molecule has 1 fully saturated rings. The highest BCUT2D eigenvalue weighted by molar-refractivity contribution is 4.95. The van der Waals surface area contributed by atoms with Gasteiger partial charge in [0.15, 0.2) is 0 Å². The van der Waals surface area contributed by atoms with Gasteiger partial charge in [0.2, 0.25) is 0 Å².